The smallest absolute Gasteiger partial charge is 0.307 e. The van der Waals surface area contributed by atoms with Crippen LogP contribution in [0.15, 0.2) is 60.8 Å². The van der Waals surface area contributed by atoms with Gasteiger partial charge in [-0.15, -0.1) is 0 Å². The van der Waals surface area contributed by atoms with Gasteiger partial charge in [0.2, 0.25) is 0 Å². The fraction of sp³-hybridized carbons (Fsp3) is 0.320. The van der Waals surface area contributed by atoms with Crippen molar-refractivity contribution < 1.29 is 9.53 Å². The van der Waals surface area contributed by atoms with E-state index in [1.807, 2.05) is 24.3 Å². The first-order valence-electron chi connectivity index (χ1n) is 10.7. The van der Waals surface area contributed by atoms with E-state index in [1.165, 1.54) is 29.6 Å². The third-order valence-electron chi connectivity index (χ3n) is 6.10. The molecule has 3 heterocycles. The van der Waals surface area contributed by atoms with Gasteiger partial charge in [0.15, 0.2) is 5.11 Å². The van der Waals surface area contributed by atoms with Gasteiger partial charge in [0.1, 0.15) is 0 Å². The summed E-state index contributed by atoms with van der Waals surface area (Å²) in [5, 5.41) is 4.08. The van der Waals surface area contributed by atoms with Gasteiger partial charge in [0, 0.05) is 30.7 Å². The Kier molecular flexibility index (Phi) is 6.55. The van der Waals surface area contributed by atoms with Crippen LogP contribution in [0.2, 0.25) is 0 Å². The molecule has 3 aromatic rings. The lowest BCUT2D eigenvalue weighted by atomic mass is 9.96. The van der Waals surface area contributed by atoms with Crippen molar-refractivity contribution in [2.24, 2.45) is 0 Å². The number of hydrogen-bond acceptors (Lipinski definition) is 4. The van der Waals surface area contributed by atoms with Crippen molar-refractivity contribution in [1.82, 2.24) is 19.8 Å². The predicted molar refractivity (Wildman–Crippen MR) is 128 cm³/mol. The van der Waals surface area contributed by atoms with Crippen LogP contribution in [-0.4, -0.2) is 39.2 Å². The Hall–Kier alpha value is -3.19. The molecular weight excluding hydrogens is 420 g/mol. The van der Waals surface area contributed by atoms with Crippen molar-refractivity contribution >= 4 is 23.3 Å². The number of benzene rings is 1. The van der Waals surface area contributed by atoms with E-state index in [0.717, 1.165) is 12.2 Å². The third-order valence-corrected chi connectivity index (χ3v) is 6.45. The average molecular weight is 449 g/mol. The minimum atomic E-state index is -0.248. The summed E-state index contributed by atoms with van der Waals surface area (Å²) in [6, 6.07) is 18.4. The molecule has 0 amide bonds. The van der Waals surface area contributed by atoms with Gasteiger partial charge in [-0.05, 0) is 55.4 Å². The SMILES string of the molecule is COC(=O)CCN1C(=S)N[C@@H](c2ccccn2)[C@@H]1c1cc(C)n(Cc2ccccc2)c1C. The van der Waals surface area contributed by atoms with Gasteiger partial charge in [-0.25, -0.2) is 0 Å². The Morgan fingerprint density at radius 2 is 1.91 bits per heavy atom. The molecule has 1 fully saturated rings. The molecule has 6 nitrogen and oxygen atoms in total. The normalized spacial score (nSPS) is 18.0. The molecule has 4 rings (SSSR count). The zero-order chi connectivity index (χ0) is 22.7. The second-order valence-electron chi connectivity index (χ2n) is 8.04. The average Bonchev–Trinajstić information content (AvgIpc) is 3.29. The van der Waals surface area contributed by atoms with Gasteiger partial charge in [-0.3, -0.25) is 9.78 Å². The van der Waals surface area contributed by atoms with Crippen LogP contribution >= 0.6 is 12.2 Å². The van der Waals surface area contributed by atoms with Crippen LogP contribution in [0.5, 0.6) is 0 Å². The zero-order valence-electron chi connectivity index (χ0n) is 18.6. The molecule has 1 saturated heterocycles. The summed E-state index contributed by atoms with van der Waals surface area (Å²) in [4.78, 5) is 18.6. The number of thiocarbonyl (C=S) groups is 1. The van der Waals surface area contributed by atoms with Crippen LogP contribution in [-0.2, 0) is 16.1 Å². The van der Waals surface area contributed by atoms with Crippen molar-refractivity contribution in [3.8, 4) is 0 Å². The highest BCUT2D eigenvalue weighted by Gasteiger charge is 2.41. The van der Waals surface area contributed by atoms with Gasteiger partial charge in [-0.2, -0.15) is 0 Å². The van der Waals surface area contributed by atoms with E-state index in [2.05, 4.69) is 63.9 Å². The lowest BCUT2D eigenvalue weighted by Crippen LogP contribution is -2.32. The maximum absolute atomic E-state index is 11.9. The van der Waals surface area contributed by atoms with Gasteiger partial charge in [0.25, 0.3) is 0 Å². The Morgan fingerprint density at radius 1 is 1.16 bits per heavy atom. The van der Waals surface area contributed by atoms with Crippen molar-refractivity contribution in [2.75, 3.05) is 13.7 Å². The molecule has 2 atom stereocenters. The van der Waals surface area contributed by atoms with E-state index in [1.54, 1.807) is 6.20 Å². The lowest BCUT2D eigenvalue weighted by Gasteiger charge is -2.28. The number of pyridine rings is 1. The molecule has 0 radical (unpaired) electrons. The fourth-order valence-electron chi connectivity index (χ4n) is 4.44. The number of hydrogen-bond donors (Lipinski definition) is 1. The van der Waals surface area contributed by atoms with Gasteiger partial charge in [-0.1, -0.05) is 36.4 Å². The summed E-state index contributed by atoms with van der Waals surface area (Å²) in [6.45, 7) is 5.57. The number of carbonyl (C=O) groups is 1. The number of nitrogens with zero attached hydrogens (tertiary/aromatic N) is 3. The number of esters is 1. The summed E-state index contributed by atoms with van der Waals surface area (Å²) in [5.74, 6) is -0.248. The van der Waals surface area contributed by atoms with Crippen LogP contribution < -0.4 is 5.32 Å². The van der Waals surface area contributed by atoms with Crippen LogP contribution in [0.4, 0.5) is 0 Å². The Labute approximate surface area is 194 Å². The largest absolute Gasteiger partial charge is 0.469 e. The highest BCUT2D eigenvalue weighted by molar-refractivity contribution is 7.80. The highest BCUT2D eigenvalue weighted by atomic mass is 32.1. The summed E-state index contributed by atoms with van der Waals surface area (Å²) in [7, 11) is 1.41. The number of nitrogens with one attached hydrogen (secondary N) is 1. The first-order chi connectivity index (χ1) is 15.5. The third kappa shape index (κ3) is 4.39. The molecule has 1 aromatic carbocycles. The molecule has 166 valence electrons. The standard InChI is InChI=1S/C25H28N4O2S/c1-17-15-20(18(2)29(17)16-19-9-5-4-6-10-19)24-23(21-11-7-8-13-26-21)27-25(32)28(24)14-12-22(30)31-3/h4-11,13,15,23-24H,12,14,16H2,1-3H3,(H,27,32)/t23-,24-/m0/s1. The first-order valence-corrected chi connectivity index (χ1v) is 11.2. The van der Waals surface area contributed by atoms with E-state index >= 15 is 0 Å². The molecule has 0 unspecified atom stereocenters. The predicted octanol–water partition coefficient (Wildman–Crippen LogP) is 4.08. The van der Waals surface area contributed by atoms with Crippen LogP contribution in [0.25, 0.3) is 0 Å². The Bertz CT molecular complexity index is 1100. The van der Waals surface area contributed by atoms with Crippen molar-refractivity contribution in [3.63, 3.8) is 0 Å². The minimum Gasteiger partial charge on any atom is -0.469 e. The molecular formula is C25H28N4O2S. The lowest BCUT2D eigenvalue weighted by molar-refractivity contribution is -0.140. The molecule has 1 aliphatic heterocycles. The zero-order valence-corrected chi connectivity index (χ0v) is 19.4. The minimum absolute atomic E-state index is 0.0715. The molecule has 32 heavy (non-hydrogen) atoms. The molecule has 1 N–H and O–H groups in total. The van der Waals surface area contributed by atoms with E-state index < -0.39 is 0 Å². The molecule has 0 aliphatic carbocycles. The molecule has 0 spiro atoms. The van der Waals surface area contributed by atoms with E-state index in [4.69, 9.17) is 17.0 Å². The van der Waals surface area contributed by atoms with Gasteiger partial charge < -0.3 is 19.5 Å². The number of carbonyl (C=O) groups excluding carboxylic acids is 1. The summed E-state index contributed by atoms with van der Waals surface area (Å²) in [5.41, 5.74) is 5.74. The molecule has 7 heteroatoms. The topological polar surface area (TPSA) is 59.4 Å². The molecule has 0 saturated carbocycles. The molecule has 1 aliphatic rings. The maximum atomic E-state index is 11.9. The number of rotatable bonds is 7. The van der Waals surface area contributed by atoms with Gasteiger partial charge in [0.05, 0.1) is 31.3 Å². The quantitative estimate of drug-likeness (QED) is 0.434. The summed E-state index contributed by atoms with van der Waals surface area (Å²) in [6.07, 6.45) is 2.07. The first kappa shape index (κ1) is 22.0. The Balaban J connectivity index is 1.73. The van der Waals surface area contributed by atoms with Crippen LogP contribution in [0.3, 0.4) is 0 Å². The van der Waals surface area contributed by atoms with Crippen molar-refractivity contribution in [3.05, 3.63) is 89.0 Å². The van der Waals surface area contributed by atoms with Crippen molar-refractivity contribution in [2.45, 2.75) is 38.9 Å². The summed E-state index contributed by atoms with van der Waals surface area (Å²) >= 11 is 5.70. The number of aryl methyl sites for hydroxylation is 1. The summed E-state index contributed by atoms with van der Waals surface area (Å²) < 4.78 is 7.20. The van der Waals surface area contributed by atoms with Gasteiger partial charge >= 0.3 is 5.97 Å². The number of aromatic nitrogens is 2. The van der Waals surface area contributed by atoms with Crippen LogP contribution in [0.1, 0.15) is 46.7 Å². The number of ether oxygens (including phenoxy) is 1. The fourth-order valence-corrected chi connectivity index (χ4v) is 4.77. The molecule has 0 bridgehead atoms. The van der Waals surface area contributed by atoms with E-state index in [0.29, 0.717) is 11.7 Å². The molecule has 2 aromatic heterocycles. The second kappa shape index (κ2) is 9.53. The monoisotopic (exact) mass is 448 g/mol. The second-order valence-corrected chi connectivity index (χ2v) is 8.43. The van der Waals surface area contributed by atoms with E-state index in [9.17, 15) is 4.79 Å². The Morgan fingerprint density at radius 3 is 2.59 bits per heavy atom. The number of methoxy groups -OCH3 is 1. The van der Waals surface area contributed by atoms with Crippen LogP contribution in [0, 0.1) is 13.8 Å². The maximum Gasteiger partial charge on any atom is 0.307 e. The van der Waals surface area contributed by atoms with Crippen molar-refractivity contribution in [1.29, 1.82) is 0 Å². The highest BCUT2D eigenvalue weighted by Crippen LogP contribution is 2.41. The van der Waals surface area contributed by atoms with E-state index in [-0.39, 0.29) is 24.5 Å².